The summed E-state index contributed by atoms with van der Waals surface area (Å²) in [6.07, 6.45) is 6.80. The highest BCUT2D eigenvalue weighted by Crippen LogP contribution is 2.33. The third kappa shape index (κ3) is 4.86. The minimum absolute atomic E-state index is 0.0347. The van der Waals surface area contributed by atoms with Crippen molar-refractivity contribution in [2.75, 3.05) is 18.1 Å². The summed E-state index contributed by atoms with van der Waals surface area (Å²) in [6, 6.07) is 16.3. The van der Waals surface area contributed by atoms with Gasteiger partial charge in [-0.2, -0.15) is 5.26 Å². The molecule has 0 bridgehead atoms. The molecule has 0 unspecified atom stereocenters. The zero-order chi connectivity index (χ0) is 21.5. The van der Waals surface area contributed by atoms with Crippen molar-refractivity contribution in [2.45, 2.75) is 6.92 Å². The molecule has 30 heavy (non-hydrogen) atoms. The van der Waals surface area contributed by atoms with Crippen molar-refractivity contribution in [3.05, 3.63) is 94.7 Å². The number of nitrogens with zero attached hydrogens (tertiary/aromatic N) is 2. The quantitative estimate of drug-likeness (QED) is 0.287. The van der Waals surface area contributed by atoms with Crippen LogP contribution in [0, 0.1) is 11.3 Å². The van der Waals surface area contributed by atoms with Gasteiger partial charge in [-0.25, -0.2) is 4.79 Å². The topological polar surface area (TPSA) is 70.4 Å². The maximum Gasteiger partial charge on any atom is 0.348 e. The van der Waals surface area contributed by atoms with E-state index in [1.165, 1.54) is 6.08 Å². The van der Waals surface area contributed by atoms with E-state index in [1.54, 1.807) is 37.3 Å². The Morgan fingerprint density at radius 3 is 2.60 bits per heavy atom. The van der Waals surface area contributed by atoms with Crippen LogP contribution in [0.3, 0.4) is 0 Å². The van der Waals surface area contributed by atoms with Crippen LogP contribution in [0.5, 0.6) is 0 Å². The number of ether oxygens (including phenoxy) is 1. The van der Waals surface area contributed by atoms with E-state index < -0.39 is 5.97 Å². The van der Waals surface area contributed by atoms with E-state index in [0.717, 1.165) is 16.8 Å². The number of esters is 1. The fraction of sp³-hybridized carbons (Fsp3) is 0.125. The Hall–Kier alpha value is -3.62. The first-order chi connectivity index (χ1) is 14.5. The van der Waals surface area contributed by atoms with Crippen molar-refractivity contribution in [3.63, 3.8) is 0 Å². The first-order valence-electron chi connectivity index (χ1n) is 9.35. The van der Waals surface area contributed by atoms with Crippen LogP contribution in [-0.4, -0.2) is 24.9 Å². The average Bonchev–Trinajstić information content (AvgIpc) is 2.76. The lowest BCUT2D eigenvalue weighted by atomic mass is 9.98. The van der Waals surface area contributed by atoms with Crippen LogP contribution in [0.2, 0.25) is 5.02 Å². The lowest BCUT2D eigenvalue weighted by Crippen LogP contribution is -2.27. The van der Waals surface area contributed by atoms with E-state index in [2.05, 4.69) is 0 Å². The average molecular weight is 419 g/mol. The summed E-state index contributed by atoms with van der Waals surface area (Å²) in [7, 11) is 0. The Labute approximate surface area is 180 Å². The molecule has 0 saturated carbocycles. The number of anilines is 1. The first kappa shape index (κ1) is 21.1. The van der Waals surface area contributed by atoms with E-state index in [1.807, 2.05) is 47.5 Å². The number of benzene rings is 2. The Kier molecular flexibility index (Phi) is 6.84. The van der Waals surface area contributed by atoms with Gasteiger partial charge in [-0.05, 0) is 55.0 Å². The van der Waals surface area contributed by atoms with Gasteiger partial charge in [0.15, 0.2) is 5.78 Å². The molecule has 0 N–H and O–H groups in total. The van der Waals surface area contributed by atoms with Crippen molar-refractivity contribution in [2.24, 2.45) is 0 Å². The van der Waals surface area contributed by atoms with Crippen molar-refractivity contribution in [3.8, 4) is 6.07 Å². The van der Waals surface area contributed by atoms with Crippen molar-refractivity contribution >= 4 is 34.6 Å². The fourth-order valence-electron chi connectivity index (χ4n) is 3.01. The largest absolute Gasteiger partial charge is 0.462 e. The SMILES string of the molecule is CCOC(=O)/C(C#N)=C/C=C1\C=CN(CC(=O)c2ccc(Cl)cc2)c2ccccc21. The van der Waals surface area contributed by atoms with Crippen LogP contribution in [0.25, 0.3) is 5.57 Å². The second kappa shape index (κ2) is 9.73. The van der Waals surface area contributed by atoms with Crippen molar-refractivity contribution in [1.29, 1.82) is 5.26 Å². The Bertz CT molecular complexity index is 1090. The minimum atomic E-state index is -0.653. The van der Waals surface area contributed by atoms with Crippen LogP contribution < -0.4 is 4.90 Å². The maximum absolute atomic E-state index is 12.7. The molecule has 0 atom stereocenters. The molecule has 0 saturated heterocycles. The zero-order valence-electron chi connectivity index (χ0n) is 16.3. The molecule has 2 aromatic carbocycles. The lowest BCUT2D eigenvalue weighted by Gasteiger charge is -2.27. The summed E-state index contributed by atoms with van der Waals surface area (Å²) in [5.74, 6) is -0.687. The predicted molar refractivity (Wildman–Crippen MR) is 117 cm³/mol. The summed E-state index contributed by atoms with van der Waals surface area (Å²) in [4.78, 5) is 26.3. The normalized spacial score (nSPS) is 14.2. The van der Waals surface area contributed by atoms with Crippen LogP contribution in [-0.2, 0) is 9.53 Å². The third-order valence-electron chi connectivity index (χ3n) is 4.48. The van der Waals surface area contributed by atoms with E-state index in [4.69, 9.17) is 16.3 Å². The second-order valence-corrected chi connectivity index (χ2v) is 6.86. The predicted octanol–water partition coefficient (Wildman–Crippen LogP) is 4.95. The summed E-state index contributed by atoms with van der Waals surface area (Å²) in [5, 5.41) is 9.77. The summed E-state index contributed by atoms with van der Waals surface area (Å²) >= 11 is 5.90. The molecule has 1 aliphatic rings. The highest BCUT2D eigenvalue weighted by atomic mass is 35.5. The van der Waals surface area contributed by atoms with Gasteiger partial charge in [0.25, 0.3) is 0 Å². The van der Waals surface area contributed by atoms with Crippen LogP contribution in [0.15, 0.2) is 78.5 Å². The zero-order valence-corrected chi connectivity index (χ0v) is 17.1. The molecule has 6 heteroatoms. The third-order valence-corrected chi connectivity index (χ3v) is 4.74. The smallest absolute Gasteiger partial charge is 0.348 e. The highest BCUT2D eigenvalue weighted by Gasteiger charge is 2.19. The molecule has 0 aromatic heterocycles. The van der Waals surface area contributed by atoms with Crippen LogP contribution in [0.4, 0.5) is 5.69 Å². The van der Waals surface area contributed by atoms with Crippen molar-refractivity contribution in [1.82, 2.24) is 0 Å². The Morgan fingerprint density at radius 2 is 1.90 bits per heavy atom. The fourth-order valence-corrected chi connectivity index (χ4v) is 3.13. The van der Waals surface area contributed by atoms with E-state index in [9.17, 15) is 14.9 Å². The van der Waals surface area contributed by atoms with Crippen LogP contribution in [0.1, 0.15) is 22.8 Å². The van der Waals surface area contributed by atoms with Gasteiger partial charge < -0.3 is 9.64 Å². The number of fused-ring (bicyclic) bond motifs is 1. The molecule has 0 amide bonds. The molecular formula is C24H19ClN2O3. The number of allylic oxidation sites excluding steroid dienone is 4. The van der Waals surface area contributed by atoms with Gasteiger partial charge in [-0.1, -0.05) is 35.9 Å². The monoisotopic (exact) mass is 418 g/mol. The molecule has 0 radical (unpaired) electrons. The number of carbonyl (C=O) groups excluding carboxylic acids is 2. The van der Waals surface area contributed by atoms with Gasteiger partial charge in [0.2, 0.25) is 0 Å². The number of halogens is 1. The number of hydrogen-bond acceptors (Lipinski definition) is 5. The van der Waals surface area contributed by atoms with E-state index in [0.29, 0.717) is 10.6 Å². The van der Waals surface area contributed by atoms with Gasteiger partial charge in [0.05, 0.1) is 13.2 Å². The van der Waals surface area contributed by atoms with Gasteiger partial charge in [0.1, 0.15) is 11.6 Å². The summed E-state index contributed by atoms with van der Waals surface area (Å²) < 4.78 is 4.88. The number of carbonyl (C=O) groups is 2. The van der Waals surface area contributed by atoms with Crippen molar-refractivity contribution < 1.29 is 14.3 Å². The van der Waals surface area contributed by atoms with Gasteiger partial charge in [0, 0.05) is 28.0 Å². The molecule has 0 spiro atoms. The number of para-hydroxylation sites is 1. The number of rotatable bonds is 6. The van der Waals surface area contributed by atoms with E-state index in [-0.39, 0.29) is 24.5 Å². The molecule has 0 fully saturated rings. The summed E-state index contributed by atoms with van der Waals surface area (Å²) in [6.45, 7) is 2.06. The van der Waals surface area contributed by atoms with E-state index >= 15 is 0 Å². The van der Waals surface area contributed by atoms with Gasteiger partial charge >= 0.3 is 5.97 Å². The summed E-state index contributed by atoms with van der Waals surface area (Å²) in [5.41, 5.74) is 3.08. The number of ketones is 1. The molecular weight excluding hydrogens is 400 g/mol. The molecule has 3 rings (SSSR count). The first-order valence-corrected chi connectivity index (χ1v) is 9.73. The number of Topliss-reactive ketones (excluding diaryl/α,β-unsaturated/α-hetero) is 1. The second-order valence-electron chi connectivity index (χ2n) is 6.43. The standard InChI is InChI=1S/C24H19ClN2O3/c1-2-30-24(29)19(15-26)8-7-17-13-14-27(22-6-4-3-5-21(17)22)16-23(28)18-9-11-20(25)12-10-18/h3-14H,2,16H2,1H3/b17-7+,19-8+. The van der Waals surface area contributed by atoms with Gasteiger partial charge in [-0.3, -0.25) is 4.79 Å². The number of nitriles is 1. The lowest BCUT2D eigenvalue weighted by molar-refractivity contribution is -0.138. The van der Waals surface area contributed by atoms with Crippen LogP contribution >= 0.6 is 11.6 Å². The molecule has 1 heterocycles. The maximum atomic E-state index is 12.7. The Balaban J connectivity index is 1.87. The molecule has 5 nitrogen and oxygen atoms in total. The molecule has 0 aliphatic carbocycles. The molecule has 150 valence electrons. The number of hydrogen-bond donors (Lipinski definition) is 0. The molecule has 1 aliphatic heterocycles. The molecule has 2 aromatic rings. The van der Waals surface area contributed by atoms with Gasteiger partial charge in [-0.15, -0.1) is 0 Å². The Morgan fingerprint density at radius 1 is 1.17 bits per heavy atom. The minimum Gasteiger partial charge on any atom is -0.462 e. The highest BCUT2D eigenvalue weighted by molar-refractivity contribution is 6.30.